The molecular formula is C69H109N17O20S2. The first kappa shape index (κ1) is 90.2. The number of thioether (sulfide) groups is 2. The molecule has 4 heterocycles. The maximum atomic E-state index is 15.2. The molecule has 2 saturated heterocycles. The normalized spacial score (nSPS) is 21.2. The highest BCUT2D eigenvalue weighted by molar-refractivity contribution is 8.08. The molecule has 0 spiro atoms. The first-order valence-electron chi connectivity index (χ1n) is 36.7. The highest BCUT2D eigenvalue weighted by Crippen LogP contribution is 2.34. The zero-order chi connectivity index (χ0) is 78.9. The number of nitrogens with two attached hydrogens (primary N) is 3. The molecule has 602 valence electrons. The summed E-state index contributed by atoms with van der Waals surface area (Å²) in [6, 6.07) is -3.96. The molecule has 0 unspecified atom stereocenters. The number of nitrogens with one attached hydrogen (secondary N) is 12. The largest absolute Gasteiger partial charge is 0.481 e. The number of primary amides is 1. The summed E-state index contributed by atoms with van der Waals surface area (Å²) in [5.41, 5.74) is 17.1. The van der Waals surface area contributed by atoms with E-state index in [4.69, 9.17) is 31.4 Å². The Bertz CT molecular complexity index is 3220. The van der Waals surface area contributed by atoms with Gasteiger partial charge in [-0.25, -0.2) is 0 Å². The number of hydrogen-bond donors (Lipinski definition) is 17. The summed E-state index contributed by atoms with van der Waals surface area (Å²) in [5, 5.41) is 52.5. The lowest BCUT2D eigenvalue weighted by atomic mass is 10.0. The molecule has 20 N–H and O–H groups in total. The van der Waals surface area contributed by atoms with E-state index >= 15 is 4.79 Å². The van der Waals surface area contributed by atoms with Gasteiger partial charge in [-0.15, -0.1) is 23.5 Å². The van der Waals surface area contributed by atoms with Crippen molar-refractivity contribution in [3.8, 4) is 0 Å². The SMILES string of the molecule is CCCC[C@H](NC(=O)CCC(=O)NCCCOCCOCCOCCCNC(=O)C(CNCCN)CNCCN)C(=O)N[C@H]1CSC2=C(SC[C@@H](C(=O)NCCC(=O)O)NC(=O)[C@H](Cc3ccccc3)NC(=O)[C@H](CCC(N)=O)NC(=O)[C@H]([C@@H](C)O)NC(=O)[C@@H]3CCCN3C(=O)[C@@H]3CCCN3C1=O)C(=O)NC2=O. The number of carbonyl (C=O) groups is 15. The maximum absolute atomic E-state index is 15.2. The Balaban J connectivity index is 1.29. The van der Waals surface area contributed by atoms with E-state index in [-0.39, 0.29) is 99.2 Å². The molecule has 4 aliphatic rings. The lowest BCUT2D eigenvalue weighted by molar-refractivity contribution is -0.148. The van der Waals surface area contributed by atoms with E-state index < -0.39 is 175 Å². The molecule has 1 aromatic carbocycles. The molecular weight excluding hydrogens is 1450 g/mol. The average molecular weight is 1560 g/mol. The summed E-state index contributed by atoms with van der Waals surface area (Å²) >= 11 is 1.26. The van der Waals surface area contributed by atoms with Crippen LogP contribution in [0.25, 0.3) is 0 Å². The summed E-state index contributed by atoms with van der Waals surface area (Å²) in [6.07, 6.45) is -1.28. The highest BCUT2D eigenvalue weighted by Gasteiger charge is 2.46. The molecule has 0 radical (unpaired) electrons. The molecule has 0 aliphatic carbocycles. The van der Waals surface area contributed by atoms with Gasteiger partial charge in [-0.05, 0) is 63.9 Å². The molecule has 39 heteroatoms. The van der Waals surface area contributed by atoms with Gasteiger partial charge in [-0.1, -0.05) is 50.1 Å². The second-order valence-electron chi connectivity index (χ2n) is 26.2. The van der Waals surface area contributed by atoms with Crippen LogP contribution in [0.3, 0.4) is 0 Å². The van der Waals surface area contributed by atoms with E-state index in [0.717, 1.165) is 0 Å². The summed E-state index contributed by atoms with van der Waals surface area (Å²) < 4.78 is 16.8. The fraction of sp³-hybridized carbons (Fsp3) is 0.667. The van der Waals surface area contributed by atoms with Gasteiger partial charge in [0.25, 0.3) is 11.8 Å². The zero-order valence-corrected chi connectivity index (χ0v) is 63.0. The standard InChI is InChI=1S/C69H109N17O20S2/c1-3-4-14-45(78-54(90)20-19-53(89)75-24-10-31-104-33-35-106-36-34-105-32-11-25-76-59(93)44(38-73-27-22-70)39-74-28-23-71)61(95)82-49-41-108-58-57(66(100)84-67(58)101)107-40-48(60(94)77-26-21-55(91)92)81-63(97)47(37-43-12-6-5-7-13-43)80-62(96)46(17-18-52(72)88)79-65(99)56(42(2)87)83-64(98)50-15-8-29-85(50)69(103)51-16-9-30-86(51)68(49)102/h5-7,12-13,42,44-51,56,73-74,87H,3-4,8-11,14-41,70-71H2,1-2H3,(H2,72,88)(H,75,89)(H,76,93)(H,77,94)(H,78,90)(H,79,99)(H,80,96)(H,81,97)(H,82,95)(H,83,98)(H,91,92)(H,84,100,101)/t42-,45+,46+,47+,48+,49+,50+,51+,56+/m1/s1. The van der Waals surface area contributed by atoms with Crippen molar-refractivity contribution in [2.24, 2.45) is 23.1 Å². The van der Waals surface area contributed by atoms with Crippen LogP contribution in [-0.2, 0) is 92.5 Å². The van der Waals surface area contributed by atoms with Crippen molar-refractivity contribution < 1.29 is 96.3 Å². The molecule has 0 bridgehead atoms. The van der Waals surface area contributed by atoms with Gasteiger partial charge in [0, 0.05) is 122 Å². The number of carboxylic acids is 1. The second kappa shape index (κ2) is 49.6. The minimum Gasteiger partial charge on any atom is -0.481 e. The van der Waals surface area contributed by atoms with Gasteiger partial charge in [-0.2, -0.15) is 0 Å². The van der Waals surface area contributed by atoms with Crippen LogP contribution < -0.4 is 81.0 Å². The molecule has 2 fully saturated rings. The first-order chi connectivity index (χ1) is 51.9. The Morgan fingerprint density at radius 2 is 1.19 bits per heavy atom. The smallest absolute Gasteiger partial charge is 0.305 e. The van der Waals surface area contributed by atoms with Crippen LogP contribution in [0.4, 0.5) is 0 Å². The van der Waals surface area contributed by atoms with Gasteiger partial charge in [-0.3, -0.25) is 77.2 Å². The van der Waals surface area contributed by atoms with Crippen molar-refractivity contribution in [3.05, 3.63) is 45.7 Å². The Labute approximate surface area is 635 Å². The first-order valence-corrected chi connectivity index (χ1v) is 38.7. The third-order valence-corrected chi connectivity index (χ3v) is 20.1. The summed E-state index contributed by atoms with van der Waals surface area (Å²) in [5.74, 6) is -14.1. The van der Waals surface area contributed by atoms with Crippen LogP contribution in [0.5, 0.6) is 0 Å². The van der Waals surface area contributed by atoms with Crippen molar-refractivity contribution in [3.63, 3.8) is 0 Å². The van der Waals surface area contributed by atoms with Gasteiger partial charge in [0.2, 0.25) is 70.9 Å². The van der Waals surface area contributed by atoms with Crippen LogP contribution in [0.15, 0.2) is 40.1 Å². The molecule has 5 rings (SSSR count). The number of aliphatic hydroxyl groups excluding tert-OH is 1. The topological polar surface area (TPSA) is 553 Å². The van der Waals surface area contributed by atoms with E-state index in [1.165, 1.54) is 16.7 Å². The number of ether oxygens (including phenoxy) is 3. The Kier molecular flexibility index (Phi) is 41.4. The van der Waals surface area contributed by atoms with Gasteiger partial charge in [0.1, 0.15) is 48.3 Å². The monoisotopic (exact) mass is 1560 g/mol. The maximum Gasteiger partial charge on any atom is 0.305 e. The number of carboxylic acid groups (broad SMARTS) is 1. The third kappa shape index (κ3) is 31.7. The lowest BCUT2D eigenvalue weighted by Crippen LogP contribution is -2.62. The van der Waals surface area contributed by atoms with E-state index in [0.29, 0.717) is 134 Å². The number of nitrogens with zero attached hydrogens (tertiary/aromatic N) is 2. The van der Waals surface area contributed by atoms with Crippen molar-refractivity contribution in [1.29, 1.82) is 0 Å². The lowest BCUT2D eigenvalue weighted by Gasteiger charge is -2.34. The quantitative estimate of drug-likeness (QED) is 0.0214. The van der Waals surface area contributed by atoms with Crippen LogP contribution in [-0.4, -0.2) is 286 Å². The summed E-state index contributed by atoms with van der Waals surface area (Å²) in [6.45, 7) is 8.34. The molecule has 4 aliphatic heterocycles. The van der Waals surface area contributed by atoms with Crippen LogP contribution in [0.1, 0.15) is 109 Å². The minimum atomic E-state index is -1.80. The van der Waals surface area contributed by atoms with E-state index in [9.17, 15) is 77.3 Å². The predicted octanol–water partition coefficient (Wildman–Crippen LogP) is -5.55. The number of fused-ring (bicyclic) bond motifs is 2. The van der Waals surface area contributed by atoms with Gasteiger partial charge < -0.3 is 110 Å². The number of carbonyl (C=O) groups excluding carboxylic acids is 14. The number of aliphatic hydroxyl groups is 1. The third-order valence-electron chi connectivity index (χ3n) is 17.6. The number of amides is 14. The zero-order valence-electron chi connectivity index (χ0n) is 61.4. The van der Waals surface area contributed by atoms with Crippen LogP contribution in [0, 0.1) is 5.92 Å². The second-order valence-corrected chi connectivity index (χ2v) is 28.2. The number of rotatable bonds is 42. The predicted molar refractivity (Wildman–Crippen MR) is 395 cm³/mol. The van der Waals surface area contributed by atoms with Gasteiger partial charge >= 0.3 is 5.97 Å². The van der Waals surface area contributed by atoms with Crippen molar-refractivity contribution >= 4 is 112 Å². The number of unbranched alkanes of at least 4 members (excludes halogenated alkanes) is 1. The van der Waals surface area contributed by atoms with Crippen molar-refractivity contribution in [2.45, 2.75) is 165 Å². The van der Waals surface area contributed by atoms with Crippen LogP contribution >= 0.6 is 23.5 Å². The number of hydrogen-bond acceptors (Lipinski definition) is 25. The minimum absolute atomic E-state index is 0.0113. The van der Waals surface area contributed by atoms with E-state index in [1.807, 2.05) is 6.92 Å². The van der Waals surface area contributed by atoms with Crippen molar-refractivity contribution in [1.82, 2.24) is 73.6 Å². The van der Waals surface area contributed by atoms with E-state index in [2.05, 4.69) is 63.8 Å². The average Bonchev–Trinajstić information content (AvgIpc) is 1.64. The molecule has 9 atom stereocenters. The fourth-order valence-corrected chi connectivity index (χ4v) is 14.2. The van der Waals surface area contributed by atoms with Gasteiger partial charge in [0.15, 0.2) is 0 Å². The molecule has 108 heavy (non-hydrogen) atoms. The number of benzene rings is 1. The molecule has 37 nitrogen and oxygen atoms in total. The Morgan fingerprint density at radius 1 is 0.620 bits per heavy atom. The summed E-state index contributed by atoms with van der Waals surface area (Å²) in [7, 11) is 0. The van der Waals surface area contributed by atoms with Gasteiger partial charge in [0.05, 0.1) is 54.7 Å². The number of imide groups is 1. The van der Waals surface area contributed by atoms with Crippen molar-refractivity contribution in [2.75, 3.05) is 123 Å². The number of aliphatic carboxylic acids is 1. The van der Waals surface area contributed by atoms with E-state index in [1.54, 1.807) is 30.3 Å². The fourth-order valence-electron chi connectivity index (χ4n) is 11.9. The molecule has 0 aromatic heterocycles. The Morgan fingerprint density at radius 3 is 1.80 bits per heavy atom. The Hall–Kier alpha value is -8.41. The highest BCUT2D eigenvalue weighted by atomic mass is 32.2. The van der Waals surface area contributed by atoms with Crippen LogP contribution in [0.2, 0.25) is 0 Å². The molecule has 14 amide bonds. The molecule has 1 aromatic rings. The molecule has 0 saturated carbocycles. The summed E-state index contributed by atoms with van der Waals surface area (Å²) in [4.78, 5) is 209.